The summed E-state index contributed by atoms with van der Waals surface area (Å²) >= 11 is 0. The highest BCUT2D eigenvalue weighted by atomic mass is 14.7. The third-order valence-corrected chi connectivity index (χ3v) is 4.86. The third kappa shape index (κ3) is 1.94. The molecular weight excluding hydrogens is 184 g/mol. The Labute approximate surface area is 93.8 Å². The number of hydrogen-bond acceptors (Lipinski definition) is 2. The molecule has 88 valence electrons. The summed E-state index contributed by atoms with van der Waals surface area (Å²) in [6, 6.07) is 0.416. The van der Waals surface area contributed by atoms with Gasteiger partial charge in [0, 0.05) is 6.04 Å². The summed E-state index contributed by atoms with van der Waals surface area (Å²) in [5.41, 5.74) is 12.8. The van der Waals surface area contributed by atoms with Crippen LogP contribution in [0.3, 0.4) is 0 Å². The van der Waals surface area contributed by atoms with Crippen LogP contribution >= 0.6 is 0 Å². The van der Waals surface area contributed by atoms with Gasteiger partial charge in [-0.05, 0) is 54.9 Å². The third-order valence-electron chi connectivity index (χ3n) is 4.86. The van der Waals surface area contributed by atoms with Crippen LogP contribution in [0, 0.1) is 29.1 Å². The van der Waals surface area contributed by atoms with Gasteiger partial charge in [-0.15, -0.1) is 0 Å². The number of rotatable bonds is 1. The maximum atomic E-state index is 6.36. The first-order valence-corrected chi connectivity index (χ1v) is 6.40. The van der Waals surface area contributed by atoms with Crippen molar-refractivity contribution in [2.45, 2.75) is 46.1 Å². The number of nitrogens with two attached hydrogens (primary N) is 2. The molecule has 5 atom stereocenters. The van der Waals surface area contributed by atoms with Crippen LogP contribution < -0.4 is 11.5 Å². The SMILES string of the molecule is CC1CC(CN)C2CC(C)(C)CC2C1N. The molecule has 0 radical (unpaired) electrons. The molecule has 2 fully saturated rings. The Balaban J connectivity index is 2.18. The van der Waals surface area contributed by atoms with E-state index in [2.05, 4.69) is 20.8 Å². The van der Waals surface area contributed by atoms with Gasteiger partial charge in [0.2, 0.25) is 0 Å². The first-order chi connectivity index (χ1) is 6.94. The minimum Gasteiger partial charge on any atom is -0.330 e. The normalized spacial score (nSPS) is 49.0. The molecular formula is C13H26N2. The largest absolute Gasteiger partial charge is 0.330 e. The summed E-state index contributed by atoms with van der Waals surface area (Å²) in [4.78, 5) is 0. The highest BCUT2D eigenvalue weighted by Crippen LogP contribution is 2.53. The smallest absolute Gasteiger partial charge is 0.00960 e. The van der Waals surface area contributed by atoms with Crippen molar-refractivity contribution in [3.63, 3.8) is 0 Å². The molecule has 2 nitrogen and oxygen atoms in total. The monoisotopic (exact) mass is 210 g/mol. The minimum absolute atomic E-state index is 0.416. The molecule has 0 saturated heterocycles. The molecule has 0 bridgehead atoms. The van der Waals surface area contributed by atoms with Gasteiger partial charge in [-0.25, -0.2) is 0 Å². The van der Waals surface area contributed by atoms with E-state index in [9.17, 15) is 0 Å². The van der Waals surface area contributed by atoms with Crippen molar-refractivity contribution >= 4 is 0 Å². The van der Waals surface area contributed by atoms with Gasteiger partial charge in [0.05, 0.1) is 0 Å². The van der Waals surface area contributed by atoms with Crippen molar-refractivity contribution in [3.8, 4) is 0 Å². The Morgan fingerprint density at radius 2 is 1.80 bits per heavy atom. The fourth-order valence-electron chi connectivity index (χ4n) is 4.10. The van der Waals surface area contributed by atoms with Crippen LogP contribution in [-0.4, -0.2) is 12.6 Å². The molecule has 4 N–H and O–H groups in total. The summed E-state index contributed by atoms with van der Waals surface area (Å²) in [5, 5.41) is 0. The Morgan fingerprint density at radius 1 is 1.20 bits per heavy atom. The molecule has 0 heterocycles. The van der Waals surface area contributed by atoms with Crippen LogP contribution in [0.4, 0.5) is 0 Å². The van der Waals surface area contributed by atoms with Crippen molar-refractivity contribution in [2.24, 2.45) is 40.6 Å². The second-order valence-corrected chi connectivity index (χ2v) is 6.69. The van der Waals surface area contributed by atoms with Gasteiger partial charge in [-0.2, -0.15) is 0 Å². The van der Waals surface area contributed by atoms with Gasteiger partial charge >= 0.3 is 0 Å². The van der Waals surface area contributed by atoms with Crippen molar-refractivity contribution in [1.29, 1.82) is 0 Å². The Bertz CT molecular complexity index is 229. The zero-order valence-electron chi connectivity index (χ0n) is 10.4. The van der Waals surface area contributed by atoms with Gasteiger partial charge in [-0.3, -0.25) is 0 Å². The van der Waals surface area contributed by atoms with Crippen LogP contribution in [0.2, 0.25) is 0 Å². The predicted molar refractivity (Wildman–Crippen MR) is 64.3 cm³/mol. The summed E-state index contributed by atoms with van der Waals surface area (Å²) in [6.07, 6.45) is 3.88. The second-order valence-electron chi connectivity index (χ2n) is 6.69. The molecule has 15 heavy (non-hydrogen) atoms. The molecule has 2 aliphatic rings. The van der Waals surface area contributed by atoms with Crippen LogP contribution in [0.15, 0.2) is 0 Å². The average molecular weight is 210 g/mol. The van der Waals surface area contributed by atoms with Gasteiger partial charge < -0.3 is 11.5 Å². The number of hydrogen-bond donors (Lipinski definition) is 2. The molecule has 2 rings (SSSR count). The van der Waals surface area contributed by atoms with Gasteiger partial charge in [0.15, 0.2) is 0 Å². The molecule has 0 spiro atoms. The molecule has 5 unspecified atom stereocenters. The predicted octanol–water partition coefficient (Wildman–Crippen LogP) is 1.98. The van der Waals surface area contributed by atoms with Gasteiger partial charge in [0.25, 0.3) is 0 Å². The lowest BCUT2D eigenvalue weighted by Gasteiger charge is -2.41. The molecule has 0 aromatic rings. The van der Waals surface area contributed by atoms with Gasteiger partial charge in [0.1, 0.15) is 0 Å². The zero-order valence-corrected chi connectivity index (χ0v) is 10.4. The summed E-state index contributed by atoms with van der Waals surface area (Å²) < 4.78 is 0. The van der Waals surface area contributed by atoms with Crippen molar-refractivity contribution in [2.75, 3.05) is 6.54 Å². The lowest BCUT2D eigenvalue weighted by molar-refractivity contribution is 0.116. The van der Waals surface area contributed by atoms with Crippen molar-refractivity contribution in [3.05, 3.63) is 0 Å². The summed E-state index contributed by atoms with van der Waals surface area (Å²) in [7, 11) is 0. The van der Waals surface area contributed by atoms with E-state index in [1.165, 1.54) is 19.3 Å². The highest BCUT2D eigenvalue weighted by Gasteiger charge is 2.48. The molecule has 2 heteroatoms. The van der Waals surface area contributed by atoms with Crippen LogP contribution in [-0.2, 0) is 0 Å². The maximum absolute atomic E-state index is 6.36. The van der Waals surface area contributed by atoms with Crippen molar-refractivity contribution in [1.82, 2.24) is 0 Å². The topological polar surface area (TPSA) is 52.0 Å². The average Bonchev–Trinajstić information content (AvgIpc) is 2.48. The van der Waals surface area contributed by atoms with E-state index < -0.39 is 0 Å². The first kappa shape index (κ1) is 11.4. The van der Waals surface area contributed by atoms with E-state index in [-0.39, 0.29) is 0 Å². The van der Waals surface area contributed by atoms with E-state index in [0.29, 0.717) is 17.4 Å². The van der Waals surface area contributed by atoms with E-state index in [4.69, 9.17) is 11.5 Å². The molecule has 2 saturated carbocycles. The second kappa shape index (κ2) is 3.74. The maximum Gasteiger partial charge on any atom is 0.00960 e. The van der Waals surface area contributed by atoms with Gasteiger partial charge in [-0.1, -0.05) is 20.8 Å². The van der Waals surface area contributed by atoms with E-state index in [1.54, 1.807) is 0 Å². The van der Waals surface area contributed by atoms with E-state index in [1.807, 2.05) is 0 Å². The summed E-state index contributed by atoms with van der Waals surface area (Å²) in [6.45, 7) is 7.93. The highest BCUT2D eigenvalue weighted by molar-refractivity contribution is 5.01. The Hall–Kier alpha value is -0.0800. The van der Waals surface area contributed by atoms with Crippen LogP contribution in [0.1, 0.15) is 40.0 Å². The molecule has 0 amide bonds. The Kier molecular flexibility index (Phi) is 2.85. The first-order valence-electron chi connectivity index (χ1n) is 6.40. The fourth-order valence-corrected chi connectivity index (χ4v) is 4.10. The standard InChI is InChI=1S/C13H26N2/c1-8-4-9(7-14)10-5-13(2,3)6-11(10)12(8)15/h8-12H,4-7,14-15H2,1-3H3. The quantitative estimate of drug-likeness (QED) is 0.695. The molecule has 0 aliphatic heterocycles. The molecule has 2 aliphatic carbocycles. The fraction of sp³-hybridized carbons (Fsp3) is 1.00. The minimum atomic E-state index is 0.416. The van der Waals surface area contributed by atoms with Crippen LogP contribution in [0.5, 0.6) is 0 Å². The Morgan fingerprint density at radius 3 is 2.40 bits per heavy atom. The summed E-state index contributed by atoms with van der Waals surface area (Å²) in [5.74, 6) is 2.92. The van der Waals surface area contributed by atoms with E-state index in [0.717, 1.165) is 24.3 Å². The molecule has 0 aromatic heterocycles. The lowest BCUT2D eigenvalue weighted by atomic mass is 9.67. The van der Waals surface area contributed by atoms with E-state index >= 15 is 0 Å². The number of fused-ring (bicyclic) bond motifs is 1. The molecule has 0 aromatic carbocycles. The zero-order chi connectivity index (χ0) is 11.2. The lowest BCUT2D eigenvalue weighted by Crippen LogP contribution is -2.47. The van der Waals surface area contributed by atoms with Crippen molar-refractivity contribution < 1.29 is 0 Å². The van der Waals surface area contributed by atoms with Crippen LogP contribution in [0.25, 0.3) is 0 Å².